The molecule has 1 fully saturated rings. The second-order valence-corrected chi connectivity index (χ2v) is 7.79. The number of aromatic nitrogens is 2. The highest BCUT2D eigenvalue weighted by molar-refractivity contribution is 7.09. The lowest BCUT2D eigenvalue weighted by Gasteiger charge is -2.22. The fraction of sp³-hybridized carbons (Fsp3) is 0.550. The molecule has 3 heterocycles. The maximum absolute atomic E-state index is 12.5. The van der Waals surface area contributed by atoms with E-state index in [4.69, 9.17) is 0 Å². The lowest BCUT2D eigenvalue weighted by molar-refractivity contribution is -0.131. The molecule has 0 saturated carbocycles. The van der Waals surface area contributed by atoms with Gasteiger partial charge in [-0.2, -0.15) is 0 Å². The van der Waals surface area contributed by atoms with Crippen LogP contribution < -0.4 is 0 Å². The van der Waals surface area contributed by atoms with Gasteiger partial charge >= 0.3 is 0 Å². The second kappa shape index (κ2) is 9.78. The summed E-state index contributed by atoms with van der Waals surface area (Å²) < 4.78 is 0. The van der Waals surface area contributed by atoms with Gasteiger partial charge in [-0.1, -0.05) is 13.0 Å². The fourth-order valence-corrected chi connectivity index (χ4v) is 4.09. The maximum atomic E-state index is 12.5. The minimum atomic E-state index is 0.304. The van der Waals surface area contributed by atoms with Crippen LogP contribution in [0.4, 0.5) is 0 Å². The molecular weight excluding hydrogens is 344 g/mol. The molecule has 0 radical (unpaired) electrons. The van der Waals surface area contributed by atoms with Gasteiger partial charge in [-0.15, -0.1) is 11.3 Å². The van der Waals surface area contributed by atoms with Crippen LogP contribution >= 0.6 is 11.3 Å². The van der Waals surface area contributed by atoms with E-state index in [9.17, 15) is 4.79 Å². The Labute approximate surface area is 160 Å². The molecule has 0 aromatic carbocycles. The van der Waals surface area contributed by atoms with Crippen LogP contribution in [0.2, 0.25) is 0 Å². The Morgan fingerprint density at radius 1 is 1.23 bits per heavy atom. The normalized spacial score (nSPS) is 15.8. The van der Waals surface area contributed by atoms with E-state index in [0.29, 0.717) is 12.3 Å². The summed E-state index contributed by atoms with van der Waals surface area (Å²) in [4.78, 5) is 27.2. The van der Waals surface area contributed by atoms with Crippen LogP contribution in [0.5, 0.6) is 0 Å². The Morgan fingerprint density at radius 2 is 2.15 bits per heavy atom. The molecule has 2 aromatic heterocycles. The van der Waals surface area contributed by atoms with Crippen molar-refractivity contribution in [2.75, 3.05) is 26.2 Å². The maximum Gasteiger partial charge on any atom is 0.222 e. The lowest BCUT2D eigenvalue weighted by Crippen LogP contribution is -2.35. The van der Waals surface area contributed by atoms with Gasteiger partial charge in [0.1, 0.15) is 5.82 Å². The predicted octanol–water partition coefficient (Wildman–Crippen LogP) is 3.16. The average molecular weight is 373 g/mol. The van der Waals surface area contributed by atoms with Gasteiger partial charge in [-0.25, -0.2) is 9.97 Å². The Hall–Kier alpha value is -1.79. The first-order chi connectivity index (χ1) is 12.7. The van der Waals surface area contributed by atoms with Gasteiger partial charge in [0.05, 0.1) is 5.69 Å². The molecule has 1 saturated heterocycles. The standard InChI is InChI=1S/C20H28N4OS/c1-2-19-21-10-9-17(22-19)16-23-11-5-12-24(14-13-23)20(25)8-3-6-18-7-4-15-26-18/h4,7,9-10,15H,2-3,5-6,8,11-14,16H2,1H3. The van der Waals surface area contributed by atoms with Crippen LogP contribution in [0.3, 0.4) is 0 Å². The van der Waals surface area contributed by atoms with Crippen molar-refractivity contribution in [1.29, 1.82) is 0 Å². The van der Waals surface area contributed by atoms with Crippen molar-refractivity contribution in [2.24, 2.45) is 0 Å². The van der Waals surface area contributed by atoms with Crippen molar-refractivity contribution in [3.05, 3.63) is 46.2 Å². The first-order valence-corrected chi connectivity index (χ1v) is 10.5. The third-order valence-electron chi connectivity index (χ3n) is 4.80. The Bertz CT molecular complexity index is 689. The monoisotopic (exact) mass is 372 g/mol. The Balaban J connectivity index is 1.44. The number of amides is 1. The van der Waals surface area contributed by atoms with E-state index in [1.807, 2.05) is 17.2 Å². The lowest BCUT2D eigenvalue weighted by atomic mass is 10.2. The number of aryl methyl sites for hydroxylation is 2. The van der Waals surface area contributed by atoms with Crippen molar-refractivity contribution in [1.82, 2.24) is 19.8 Å². The molecule has 5 nitrogen and oxygen atoms in total. The van der Waals surface area contributed by atoms with Crippen molar-refractivity contribution >= 4 is 17.2 Å². The van der Waals surface area contributed by atoms with Crippen molar-refractivity contribution < 1.29 is 4.79 Å². The SMILES string of the molecule is CCc1nccc(CN2CCCN(C(=O)CCCc3cccs3)CC2)n1. The van der Waals surface area contributed by atoms with E-state index in [1.165, 1.54) is 4.88 Å². The van der Waals surface area contributed by atoms with Crippen LogP contribution in [0.15, 0.2) is 29.8 Å². The number of hydrogen-bond acceptors (Lipinski definition) is 5. The third kappa shape index (κ3) is 5.61. The first kappa shape index (κ1) is 19.0. The van der Waals surface area contributed by atoms with Crippen molar-refractivity contribution in [2.45, 2.75) is 45.6 Å². The number of rotatable bonds is 7. The number of carbonyl (C=O) groups is 1. The smallest absolute Gasteiger partial charge is 0.222 e. The summed E-state index contributed by atoms with van der Waals surface area (Å²) in [6.07, 6.45) is 6.35. The molecule has 140 valence electrons. The van der Waals surface area contributed by atoms with Gasteiger partial charge in [0.2, 0.25) is 5.91 Å². The summed E-state index contributed by atoms with van der Waals surface area (Å²) in [6, 6.07) is 6.22. The van der Waals surface area contributed by atoms with E-state index in [-0.39, 0.29) is 0 Å². The molecule has 0 atom stereocenters. The summed E-state index contributed by atoms with van der Waals surface area (Å²) >= 11 is 1.78. The topological polar surface area (TPSA) is 49.3 Å². The van der Waals surface area contributed by atoms with Crippen LogP contribution in [-0.4, -0.2) is 51.9 Å². The van der Waals surface area contributed by atoms with Crippen LogP contribution in [0, 0.1) is 0 Å². The average Bonchev–Trinajstić information content (AvgIpc) is 3.07. The largest absolute Gasteiger partial charge is 0.341 e. The van der Waals surface area contributed by atoms with Gasteiger partial charge in [-0.3, -0.25) is 9.69 Å². The number of hydrogen-bond donors (Lipinski definition) is 0. The summed E-state index contributed by atoms with van der Waals surface area (Å²) in [7, 11) is 0. The van der Waals surface area contributed by atoms with Crippen LogP contribution in [0.25, 0.3) is 0 Å². The highest BCUT2D eigenvalue weighted by atomic mass is 32.1. The molecule has 1 amide bonds. The summed E-state index contributed by atoms with van der Waals surface area (Å²) in [5, 5.41) is 2.10. The highest BCUT2D eigenvalue weighted by Crippen LogP contribution is 2.14. The highest BCUT2D eigenvalue weighted by Gasteiger charge is 2.19. The molecule has 0 N–H and O–H groups in total. The van der Waals surface area contributed by atoms with Gasteiger partial charge in [0, 0.05) is 56.6 Å². The molecule has 0 unspecified atom stereocenters. The molecule has 6 heteroatoms. The van der Waals surface area contributed by atoms with E-state index >= 15 is 0 Å². The molecular formula is C20H28N4OS. The molecule has 0 bridgehead atoms. The minimum absolute atomic E-state index is 0.304. The zero-order valence-electron chi connectivity index (χ0n) is 15.6. The molecule has 3 rings (SSSR count). The summed E-state index contributed by atoms with van der Waals surface area (Å²) in [6.45, 7) is 6.55. The van der Waals surface area contributed by atoms with Crippen LogP contribution in [0.1, 0.15) is 42.6 Å². The molecule has 1 aliphatic rings. The van der Waals surface area contributed by atoms with Gasteiger partial charge < -0.3 is 4.90 Å². The third-order valence-corrected chi connectivity index (χ3v) is 5.74. The zero-order chi connectivity index (χ0) is 18.2. The number of carbonyl (C=O) groups excluding carboxylic acids is 1. The molecule has 2 aromatic rings. The van der Waals surface area contributed by atoms with Gasteiger partial charge in [0.15, 0.2) is 0 Å². The zero-order valence-corrected chi connectivity index (χ0v) is 16.4. The van der Waals surface area contributed by atoms with Gasteiger partial charge in [-0.05, 0) is 36.8 Å². The van der Waals surface area contributed by atoms with E-state index in [2.05, 4.69) is 39.3 Å². The molecule has 1 aliphatic heterocycles. The molecule has 26 heavy (non-hydrogen) atoms. The Morgan fingerprint density at radius 3 is 2.96 bits per heavy atom. The Kier molecular flexibility index (Phi) is 7.14. The van der Waals surface area contributed by atoms with Crippen LogP contribution in [-0.2, 0) is 24.2 Å². The first-order valence-electron chi connectivity index (χ1n) is 9.58. The van der Waals surface area contributed by atoms with Crippen molar-refractivity contribution in [3.8, 4) is 0 Å². The van der Waals surface area contributed by atoms with Crippen molar-refractivity contribution in [3.63, 3.8) is 0 Å². The summed E-state index contributed by atoms with van der Waals surface area (Å²) in [5.41, 5.74) is 1.08. The number of nitrogens with zero attached hydrogens (tertiary/aromatic N) is 4. The second-order valence-electron chi connectivity index (χ2n) is 6.76. The van der Waals surface area contributed by atoms with E-state index in [1.54, 1.807) is 11.3 Å². The summed E-state index contributed by atoms with van der Waals surface area (Å²) in [5.74, 6) is 1.21. The van der Waals surface area contributed by atoms with E-state index < -0.39 is 0 Å². The quantitative estimate of drug-likeness (QED) is 0.749. The molecule has 0 aliphatic carbocycles. The molecule has 0 spiro atoms. The number of thiophene rings is 1. The minimum Gasteiger partial charge on any atom is -0.341 e. The van der Waals surface area contributed by atoms with Gasteiger partial charge in [0.25, 0.3) is 0 Å². The van der Waals surface area contributed by atoms with E-state index in [0.717, 1.165) is 69.9 Å². The predicted molar refractivity (Wildman–Crippen MR) is 105 cm³/mol. The fourth-order valence-electron chi connectivity index (χ4n) is 3.33.